The van der Waals surface area contributed by atoms with Crippen LogP contribution in [0, 0.1) is 11.8 Å². The van der Waals surface area contributed by atoms with Gasteiger partial charge in [0.1, 0.15) is 5.75 Å². The second kappa shape index (κ2) is 5.80. The quantitative estimate of drug-likeness (QED) is 0.833. The lowest BCUT2D eigenvalue weighted by molar-refractivity contribution is -0.274. The third-order valence-corrected chi connectivity index (χ3v) is 1.98. The van der Waals surface area contributed by atoms with Crippen molar-refractivity contribution in [1.29, 1.82) is 0 Å². The van der Waals surface area contributed by atoms with E-state index in [9.17, 15) is 13.2 Å². The van der Waals surface area contributed by atoms with Gasteiger partial charge in [-0.25, -0.2) is 0 Å². The van der Waals surface area contributed by atoms with Gasteiger partial charge in [0.25, 0.3) is 0 Å². The summed E-state index contributed by atoms with van der Waals surface area (Å²) in [5, 5.41) is 0.108. The second-order valence-electron chi connectivity index (χ2n) is 3.03. The van der Waals surface area contributed by atoms with Crippen LogP contribution in [0.3, 0.4) is 0 Å². The molecule has 0 heterocycles. The van der Waals surface area contributed by atoms with Crippen LogP contribution in [-0.2, 0) is 0 Å². The van der Waals surface area contributed by atoms with E-state index in [2.05, 4.69) is 16.6 Å². The summed E-state index contributed by atoms with van der Waals surface area (Å²) >= 11 is 5.76. The van der Waals surface area contributed by atoms with Gasteiger partial charge < -0.3 is 10.5 Å². The van der Waals surface area contributed by atoms with Gasteiger partial charge in [0.15, 0.2) is 0 Å². The Hall–Kier alpha value is -1.38. The van der Waals surface area contributed by atoms with E-state index < -0.39 is 6.36 Å². The number of rotatable bonds is 2. The van der Waals surface area contributed by atoms with Crippen LogP contribution in [0.2, 0.25) is 5.02 Å². The fourth-order valence-corrected chi connectivity index (χ4v) is 1.24. The Kier molecular flexibility index (Phi) is 4.67. The highest BCUT2D eigenvalue weighted by atomic mass is 35.5. The number of halogens is 4. The zero-order valence-electron chi connectivity index (χ0n) is 8.64. The summed E-state index contributed by atoms with van der Waals surface area (Å²) in [6.07, 6.45) is -4.23. The van der Waals surface area contributed by atoms with Crippen LogP contribution < -0.4 is 10.5 Å². The summed E-state index contributed by atoms with van der Waals surface area (Å²) < 4.78 is 39.5. The molecular weight excluding hydrogens is 255 g/mol. The summed E-state index contributed by atoms with van der Waals surface area (Å²) in [6, 6.07) is 3.60. The zero-order valence-corrected chi connectivity index (χ0v) is 9.40. The number of benzene rings is 1. The predicted molar refractivity (Wildman–Crippen MR) is 58.7 cm³/mol. The molecule has 0 bridgehead atoms. The number of hydrogen-bond acceptors (Lipinski definition) is 2. The Labute approximate surface area is 102 Å². The van der Waals surface area contributed by atoms with Crippen LogP contribution in [-0.4, -0.2) is 12.9 Å². The van der Waals surface area contributed by atoms with Crippen molar-refractivity contribution in [3.63, 3.8) is 0 Å². The average Bonchev–Trinajstić information content (AvgIpc) is 2.19. The Bertz CT molecular complexity index is 448. The molecule has 92 valence electrons. The molecule has 6 heteroatoms. The van der Waals surface area contributed by atoms with Gasteiger partial charge in [0.2, 0.25) is 0 Å². The van der Waals surface area contributed by atoms with Gasteiger partial charge in [-0.15, -0.1) is 13.2 Å². The Morgan fingerprint density at radius 2 is 2.06 bits per heavy atom. The van der Waals surface area contributed by atoms with Crippen LogP contribution in [0.5, 0.6) is 5.75 Å². The molecular formula is C11H9ClF3NO. The summed E-state index contributed by atoms with van der Waals surface area (Å²) in [5.74, 6) is 5.07. The molecule has 0 aliphatic carbocycles. The lowest BCUT2D eigenvalue weighted by Gasteiger charge is -2.09. The molecule has 0 aliphatic heterocycles. The number of nitrogens with two attached hydrogens (primary N) is 1. The lowest BCUT2D eigenvalue weighted by atomic mass is 10.2. The highest BCUT2D eigenvalue weighted by molar-refractivity contribution is 6.31. The molecule has 0 fully saturated rings. The van der Waals surface area contributed by atoms with Gasteiger partial charge in [-0.05, 0) is 12.1 Å². The minimum absolute atomic E-state index is 0.108. The highest BCUT2D eigenvalue weighted by Crippen LogP contribution is 2.27. The molecule has 0 unspecified atom stereocenters. The van der Waals surface area contributed by atoms with Crippen molar-refractivity contribution < 1.29 is 17.9 Å². The topological polar surface area (TPSA) is 35.2 Å². The minimum Gasteiger partial charge on any atom is -0.406 e. The third-order valence-electron chi connectivity index (χ3n) is 1.67. The fourth-order valence-electron chi connectivity index (χ4n) is 1.02. The Morgan fingerprint density at radius 1 is 1.35 bits per heavy atom. The Balaban J connectivity index is 2.84. The number of alkyl halides is 3. The first kappa shape index (κ1) is 13.7. The zero-order chi connectivity index (χ0) is 12.9. The third kappa shape index (κ3) is 4.98. The maximum absolute atomic E-state index is 11.9. The largest absolute Gasteiger partial charge is 0.573 e. The molecule has 0 spiro atoms. The van der Waals surface area contributed by atoms with Crippen LogP contribution >= 0.6 is 11.6 Å². The summed E-state index contributed by atoms with van der Waals surface area (Å²) in [6.45, 7) is 0.417. The standard InChI is InChI=1S/C11H9ClF3NO/c12-10-7-9(17-11(13,14)15)5-4-8(10)3-1-2-6-16/h4-5,7H,2,6,16H2. The second-order valence-corrected chi connectivity index (χ2v) is 3.44. The number of hydrogen-bond donors (Lipinski definition) is 1. The van der Waals surface area contributed by atoms with Gasteiger partial charge in [0.05, 0.1) is 5.02 Å². The van der Waals surface area contributed by atoms with Gasteiger partial charge in [-0.1, -0.05) is 23.4 Å². The molecule has 1 rings (SSSR count). The van der Waals surface area contributed by atoms with Crippen LogP contribution in [0.25, 0.3) is 0 Å². The van der Waals surface area contributed by atoms with Crippen LogP contribution in [0.15, 0.2) is 18.2 Å². The molecule has 2 N–H and O–H groups in total. The molecule has 0 saturated carbocycles. The maximum atomic E-state index is 11.9. The van der Waals surface area contributed by atoms with Crippen LogP contribution in [0.4, 0.5) is 13.2 Å². The minimum atomic E-state index is -4.73. The molecule has 17 heavy (non-hydrogen) atoms. The van der Waals surface area contributed by atoms with Crippen molar-refractivity contribution in [2.45, 2.75) is 12.8 Å². The van der Waals surface area contributed by atoms with Crippen LogP contribution in [0.1, 0.15) is 12.0 Å². The van der Waals surface area contributed by atoms with E-state index >= 15 is 0 Å². The van der Waals surface area contributed by atoms with Gasteiger partial charge >= 0.3 is 6.36 Å². The van der Waals surface area contributed by atoms with Crippen molar-refractivity contribution in [2.75, 3.05) is 6.54 Å². The Morgan fingerprint density at radius 3 is 2.59 bits per heavy atom. The SMILES string of the molecule is NCCC#Cc1ccc(OC(F)(F)F)cc1Cl. The van der Waals surface area contributed by atoms with E-state index in [-0.39, 0.29) is 10.8 Å². The molecule has 0 aliphatic rings. The van der Waals surface area contributed by atoms with E-state index in [0.29, 0.717) is 18.5 Å². The summed E-state index contributed by atoms with van der Waals surface area (Å²) in [4.78, 5) is 0. The molecule has 0 radical (unpaired) electrons. The molecule has 1 aromatic rings. The first-order valence-corrected chi connectivity index (χ1v) is 5.04. The predicted octanol–water partition coefficient (Wildman–Crippen LogP) is 2.94. The molecule has 1 aromatic carbocycles. The normalized spacial score (nSPS) is 10.6. The van der Waals surface area contributed by atoms with Gasteiger partial charge in [-0.2, -0.15) is 0 Å². The first-order valence-electron chi connectivity index (χ1n) is 4.66. The first-order chi connectivity index (χ1) is 7.92. The van der Waals surface area contributed by atoms with E-state index in [0.717, 1.165) is 12.1 Å². The molecule has 0 amide bonds. The summed E-state index contributed by atoms with van der Waals surface area (Å²) in [5.41, 5.74) is 5.68. The van der Waals surface area contributed by atoms with Gasteiger partial charge in [0, 0.05) is 24.6 Å². The average molecular weight is 264 g/mol. The van der Waals surface area contributed by atoms with E-state index in [1.54, 1.807) is 0 Å². The lowest BCUT2D eigenvalue weighted by Crippen LogP contribution is -2.17. The molecule has 2 nitrogen and oxygen atoms in total. The van der Waals surface area contributed by atoms with Crippen molar-refractivity contribution in [1.82, 2.24) is 0 Å². The summed E-state index contributed by atoms with van der Waals surface area (Å²) in [7, 11) is 0. The molecule has 0 atom stereocenters. The van der Waals surface area contributed by atoms with Crippen molar-refractivity contribution >= 4 is 11.6 Å². The van der Waals surface area contributed by atoms with E-state index in [1.807, 2.05) is 0 Å². The maximum Gasteiger partial charge on any atom is 0.573 e. The van der Waals surface area contributed by atoms with Gasteiger partial charge in [-0.3, -0.25) is 0 Å². The van der Waals surface area contributed by atoms with E-state index in [4.69, 9.17) is 17.3 Å². The molecule has 0 aromatic heterocycles. The monoisotopic (exact) mass is 263 g/mol. The van der Waals surface area contributed by atoms with E-state index in [1.165, 1.54) is 6.07 Å². The van der Waals surface area contributed by atoms with Crippen molar-refractivity contribution in [3.05, 3.63) is 28.8 Å². The highest BCUT2D eigenvalue weighted by Gasteiger charge is 2.31. The number of ether oxygens (including phenoxy) is 1. The van der Waals surface area contributed by atoms with Crippen molar-refractivity contribution in [3.8, 4) is 17.6 Å². The fraction of sp³-hybridized carbons (Fsp3) is 0.273. The van der Waals surface area contributed by atoms with Crippen molar-refractivity contribution in [2.24, 2.45) is 5.73 Å². The molecule has 0 saturated heterocycles. The smallest absolute Gasteiger partial charge is 0.406 e.